The van der Waals surface area contributed by atoms with Gasteiger partial charge in [0.15, 0.2) is 6.10 Å². The molecule has 0 rings (SSSR count). The van der Waals surface area contributed by atoms with Crippen LogP contribution in [0.15, 0.2) is 72.9 Å². The van der Waals surface area contributed by atoms with Gasteiger partial charge in [0.2, 0.25) is 0 Å². The first-order valence-electron chi connectivity index (χ1n) is 22.0. The quantitative estimate of drug-likeness (QED) is 0.0205. The molecule has 0 N–H and O–H groups in total. The number of ether oxygens (including phenoxy) is 3. The third kappa shape index (κ3) is 40.0. The zero-order valence-corrected chi connectivity index (χ0v) is 35.0. The van der Waals surface area contributed by atoms with Crippen molar-refractivity contribution in [1.82, 2.24) is 0 Å². The molecule has 308 valence electrons. The topological polar surface area (TPSA) is 78.9 Å². The lowest BCUT2D eigenvalue weighted by atomic mass is 10.1. The monoisotopic (exact) mass is 753 g/mol. The van der Waals surface area contributed by atoms with Gasteiger partial charge in [-0.25, -0.2) is 0 Å². The third-order valence-electron chi connectivity index (χ3n) is 8.97. The van der Waals surface area contributed by atoms with Crippen molar-refractivity contribution in [3.05, 3.63) is 72.9 Å². The highest BCUT2D eigenvalue weighted by atomic mass is 16.6. The molecule has 0 spiro atoms. The van der Waals surface area contributed by atoms with E-state index in [9.17, 15) is 14.4 Å². The summed E-state index contributed by atoms with van der Waals surface area (Å²) in [5.74, 6) is -0.974. The molecule has 0 saturated carbocycles. The molecule has 0 radical (unpaired) electrons. The Balaban J connectivity index is 4.46. The van der Waals surface area contributed by atoms with E-state index >= 15 is 0 Å². The number of carbonyl (C=O) groups excluding carboxylic acids is 3. The van der Waals surface area contributed by atoms with E-state index in [0.29, 0.717) is 12.8 Å². The maximum atomic E-state index is 12.7. The summed E-state index contributed by atoms with van der Waals surface area (Å²) in [7, 11) is 0. The highest BCUT2D eigenvalue weighted by Gasteiger charge is 2.19. The second kappa shape index (κ2) is 42.6. The molecule has 0 heterocycles. The first kappa shape index (κ1) is 50.9. The molecular weight excluding hydrogens is 673 g/mol. The van der Waals surface area contributed by atoms with Gasteiger partial charge in [0.25, 0.3) is 0 Å². The van der Waals surface area contributed by atoms with Crippen LogP contribution in [0.3, 0.4) is 0 Å². The SMILES string of the molecule is CC/C=C\C/C=C\CCCCCCCCCC(=O)OCC(COC(=O)CCCCC/C=C\C=C/CCCC)OC(=O)CCCCC/C=C\C=C/CCCC. The molecule has 0 bridgehead atoms. The summed E-state index contributed by atoms with van der Waals surface area (Å²) >= 11 is 0. The van der Waals surface area contributed by atoms with Crippen LogP contribution in [-0.2, 0) is 28.6 Å². The van der Waals surface area contributed by atoms with E-state index < -0.39 is 6.10 Å². The average Bonchev–Trinajstić information content (AvgIpc) is 3.17. The predicted molar refractivity (Wildman–Crippen MR) is 228 cm³/mol. The minimum Gasteiger partial charge on any atom is -0.462 e. The molecule has 0 aliphatic rings. The van der Waals surface area contributed by atoms with Crippen LogP contribution in [0.1, 0.15) is 194 Å². The molecule has 6 heteroatoms. The lowest BCUT2D eigenvalue weighted by Gasteiger charge is -2.18. The van der Waals surface area contributed by atoms with E-state index in [2.05, 4.69) is 93.7 Å². The standard InChI is InChI=1S/C48H80O6/c1-4-7-10-13-16-19-22-23-24-27-29-32-35-38-41-47(50)53-44-45(54-48(51)42-39-36-33-30-26-21-18-15-12-9-6-3)43-52-46(49)40-37-34-31-28-25-20-17-14-11-8-5-2/h7,10,14-21,25-26,45H,4-6,8-9,11-13,22-24,27-44H2,1-3H3/b10-7-,17-14-,18-15-,19-16-,25-20-,26-21-. The maximum absolute atomic E-state index is 12.7. The Morgan fingerprint density at radius 2 is 0.778 bits per heavy atom. The second-order valence-electron chi connectivity index (χ2n) is 14.3. The predicted octanol–water partition coefficient (Wildman–Crippen LogP) is 13.9. The molecule has 1 unspecified atom stereocenters. The molecule has 0 aromatic heterocycles. The summed E-state index contributed by atoms with van der Waals surface area (Å²) in [4.78, 5) is 37.6. The second-order valence-corrected chi connectivity index (χ2v) is 14.3. The van der Waals surface area contributed by atoms with Gasteiger partial charge in [0.05, 0.1) is 0 Å². The molecule has 0 aromatic rings. The lowest BCUT2D eigenvalue weighted by Crippen LogP contribution is -2.30. The summed E-state index contributed by atoms with van der Waals surface area (Å²) in [6.07, 6.45) is 51.7. The zero-order valence-electron chi connectivity index (χ0n) is 35.0. The molecule has 0 amide bonds. The van der Waals surface area contributed by atoms with Crippen molar-refractivity contribution in [2.45, 2.75) is 200 Å². The minimum absolute atomic E-state index is 0.100. The fourth-order valence-corrected chi connectivity index (χ4v) is 5.61. The van der Waals surface area contributed by atoms with Crippen molar-refractivity contribution in [2.75, 3.05) is 13.2 Å². The minimum atomic E-state index is -0.800. The molecule has 0 fully saturated rings. The van der Waals surface area contributed by atoms with Gasteiger partial charge in [-0.05, 0) is 83.5 Å². The van der Waals surface area contributed by atoms with E-state index in [4.69, 9.17) is 14.2 Å². The van der Waals surface area contributed by atoms with E-state index in [-0.39, 0.29) is 37.5 Å². The Bertz CT molecular complexity index is 1050. The van der Waals surface area contributed by atoms with Gasteiger partial charge in [-0.2, -0.15) is 0 Å². The normalized spacial score (nSPS) is 12.7. The van der Waals surface area contributed by atoms with Crippen LogP contribution >= 0.6 is 0 Å². The summed E-state index contributed by atoms with van der Waals surface area (Å²) in [6.45, 7) is 6.34. The van der Waals surface area contributed by atoms with Crippen LogP contribution in [0, 0.1) is 0 Å². The van der Waals surface area contributed by atoms with Crippen LogP contribution < -0.4 is 0 Å². The molecule has 0 aliphatic heterocycles. The van der Waals surface area contributed by atoms with Crippen molar-refractivity contribution >= 4 is 17.9 Å². The molecule has 54 heavy (non-hydrogen) atoms. The first-order valence-corrected chi connectivity index (χ1v) is 22.0. The van der Waals surface area contributed by atoms with Gasteiger partial charge in [-0.1, -0.05) is 164 Å². The van der Waals surface area contributed by atoms with Crippen LogP contribution in [0.25, 0.3) is 0 Å². The number of rotatable bonds is 38. The van der Waals surface area contributed by atoms with Crippen molar-refractivity contribution in [2.24, 2.45) is 0 Å². The van der Waals surface area contributed by atoms with Crippen molar-refractivity contribution in [3.8, 4) is 0 Å². The fourth-order valence-electron chi connectivity index (χ4n) is 5.61. The summed E-state index contributed by atoms with van der Waals surface area (Å²) in [5.41, 5.74) is 0. The zero-order chi connectivity index (χ0) is 39.4. The fraction of sp³-hybridized carbons (Fsp3) is 0.688. The highest BCUT2D eigenvalue weighted by Crippen LogP contribution is 2.12. The summed E-state index contributed by atoms with van der Waals surface area (Å²) in [5, 5.41) is 0. The summed E-state index contributed by atoms with van der Waals surface area (Å²) in [6, 6.07) is 0. The largest absolute Gasteiger partial charge is 0.462 e. The number of esters is 3. The van der Waals surface area contributed by atoms with Gasteiger partial charge < -0.3 is 14.2 Å². The highest BCUT2D eigenvalue weighted by molar-refractivity contribution is 5.71. The number of carbonyl (C=O) groups is 3. The molecule has 0 aromatic carbocycles. The molecular formula is C48H80O6. The number of unbranched alkanes of at least 4 members (excludes halogenated alkanes) is 17. The van der Waals surface area contributed by atoms with Gasteiger partial charge in [-0.15, -0.1) is 0 Å². The Kier molecular flexibility index (Phi) is 40.1. The number of hydrogen-bond acceptors (Lipinski definition) is 6. The molecule has 0 saturated heterocycles. The van der Waals surface area contributed by atoms with Crippen molar-refractivity contribution < 1.29 is 28.6 Å². The third-order valence-corrected chi connectivity index (χ3v) is 8.97. The Morgan fingerprint density at radius 1 is 0.407 bits per heavy atom. The van der Waals surface area contributed by atoms with E-state index in [1.807, 2.05) is 0 Å². The van der Waals surface area contributed by atoms with Gasteiger partial charge in [0, 0.05) is 19.3 Å². The van der Waals surface area contributed by atoms with Gasteiger partial charge in [-0.3, -0.25) is 14.4 Å². The lowest BCUT2D eigenvalue weighted by molar-refractivity contribution is -0.167. The summed E-state index contributed by atoms with van der Waals surface area (Å²) < 4.78 is 16.6. The first-order chi connectivity index (χ1) is 26.5. The van der Waals surface area contributed by atoms with E-state index in [0.717, 1.165) is 103 Å². The number of hydrogen-bond donors (Lipinski definition) is 0. The average molecular weight is 753 g/mol. The van der Waals surface area contributed by atoms with Gasteiger partial charge >= 0.3 is 17.9 Å². The van der Waals surface area contributed by atoms with Crippen molar-refractivity contribution in [3.63, 3.8) is 0 Å². The molecule has 0 aliphatic carbocycles. The maximum Gasteiger partial charge on any atom is 0.306 e. The van der Waals surface area contributed by atoms with Crippen LogP contribution in [-0.4, -0.2) is 37.2 Å². The van der Waals surface area contributed by atoms with Gasteiger partial charge in [0.1, 0.15) is 13.2 Å². The van der Waals surface area contributed by atoms with Crippen molar-refractivity contribution in [1.29, 1.82) is 0 Å². The molecule has 6 nitrogen and oxygen atoms in total. The smallest absolute Gasteiger partial charge is 0.306 e. The van der Waals surface area contributed by atoms with E-state index in [1.54, 1.807) is 0 Å². The van der Waals surface area contributed by atoms with Crippen LogP contribution in [0.4, 0.5) is 0 Å². The molecule has 1 atom stereocenters. The Morgan fingerprint density at radius 3 is 1.24 bits per heavy atom. The Hall–Kier alpha value is -3.15. The Labute approximate surface area is 332 Å². The number of allylic oxidation sites excluding steroid dienone is 12. The van der Waals surface area contributed by atoms with Crippen LogP contribution in [0.5, 0.6) is 0 Å². The van der Waals surface area contributed by atoms with E-state index in [1.165, 1.54) is 51.4 Å². The van der Waals surface area contributed by atoms with Crippen LogP contribution in [0.2, 0.25) is 0 Å².